The Bertz CT molecular complexity index is 611. The summed E-state index contributed by atoms with van der Waals surface area (Å²) >= 11 is 0. The first-order chi connectivity index (χ1) is 11.8. The molecule has 25 heavy (non-hydrogen) atoms. The van der Waals surface area contributed by atoms with E-state index >= 15 is 0 Å². The molecular weight excluding hydrogens is 308 g/mol. The zero-order chi connectivity index (χ0) is 19.0. The Morgan fingerprint density at radius 3 is 2.36 bits per heavy atom. The molecule has 0 aliphatic heterocycles. The molecule has 2 nitrogen and oxygen atoms in total. The average Bonchev–Trinajstić information content (AvgIpc) is 2.50. The highest BCUT2D eigenvalue weighted by Crippen LogP contribution is 2.31. The molecule has 140 valence electrons. The van der Waals surface area contributed by atoms with Gasteiger partial charge in [-0.1, -0.05) is 70.6 Å². The Hall–Kier alpha value is -1.57. The van der Waals surface area contributed by atoms with Crippen molar-refractivity contribution in [3.05, 3.63) is 40.1 Å². The van der Waals surface area contributed by atoms with Gasteiger partial charge < -0.3 is 5.11 Å². The normalized spacial score (nSPS) is 13.5. The van der Waals surface area contributed by atoms with E-state index in [9.17, 15) is 9.90 Å². The SMILES string of the molecule is CCCCCC(C)C/C(O)=C(\C(C)=O)c1c(C)cc(C)cc1CCC. The molecule has 1 aromatic rings. The highest BCUT2D eigenvalue weighted by Gasteiger charge is 2.20. The number of unbranched alkanes of at least 4 members (excludes halogenated alkanes) is 2. The van der Waals surface area contributed by atoms with Gasteiger partial charge in [-0.25, -0.2) is 0 Å². The van der Waals surface area contributed by atoms with Crippen molar-refractivity contribution in [2.45, 2.75) is 86.5 Å². The van der Waals surface area contributed by atoms with Crippen molar-refractivity contribution in [1.82, 2.24) is 0 Å². The summed E-state index contributed by atoms with van der Waals surface area (Å²) in [6, 6.07) is 4.27. The molecule has 2 heteroatoms. The number of rotatable bonds is 10. The predicted octanol–water partition coefficient (Wildman–Crippen LogP) is 6.72. The highest BCUT2D eigenvalue weighted by molar-refractivity contribution is 6.21. The first kappa shape index (κ1) is 21.5. The maximum atomic E-state index is 12.4. The molecule has 1 rings (SSSR count). The summed E-state index contributed by atoms with van der Waals surface area (Å²) in [5.74, 6) is 0.615. The van der Waals surface area contributed by atoms with Gasteiger partial charge in [0.1, 0.15) is 5.76 Å². The number of aliphatic hydroxyl groups excluding tert-OH is 1. The molecule has 0 bridgehead atoms. The molecule has 0 aliphatic rings. The topological polar surface area (TPSA) is 37.3 Å². The van der Waals surface area contributed by atoms with Crippen molar-refractivity contribution in [2.75, 3.05) is 0 Å². The molecule has 0 amide bonds. The van der Waals surface area contributed by atoms with E-state index in [0.717, 1.165) is 30.4 Å². The molecule has 1 aromatic carbocycles. The molecule has 1 atom stereocenters. The van der Waals surface area contributed by atoms with Crippen LogP contribution >= 0.6 is 0 Å². The minimum absolute atomic E-state index is 0.0393. The number of carbonyl (C=O) groups excluding carboxylic acids is 1. The number of benzene rings is 1. The van der Waals surface area contributed by atoms with Gasteiger partial charge in [-0.2, -0.15) is 0 Å². The molecular formula is C23H36O2. The minimum atomic E-state index is -0.0393. The van der Waals surface area contributed by atoms with Crippen LogP contribution in [0.25, 0.3) is 5.57 Å². The first-order valence-electron chi connectivity index (χ1n) is 9.85. The quantitative estimate of drug-likeness (QED) is 0.290. The second kappa shape index (κ2) is 10.4. The van der Waals surface area contributed by atoms with E-state index in [2.05, 4.69) is 39.8 Å². The van der Waals surface area contributed by atoms with Gasteiger partial charge in [-0.3, -0.25) is 4.79 Å². The predicted molar refractivity (Wildman–Crippen MR) is 108 cm³/mol. The highest BCUT2D eigenvalue weighted by atomic mass is 16.3. The van der Waals surface area contributed by atoms with Crippen molar-refractivity contribution < 1.29 is 9.90 Å². The number of hydrogen-bond donors (Lipinski definition) is 1. The molecule has 0 fully saturated rings. The molecule has 0 aliphatic carbocycles. The van der Waals surface area contributed by atoms with E-state index in [1.165, 1.54) is 30.4 Å². The van der Waals surface area contributed by atoms with Gasteiger partial charge in [0.25, 0.3) is 0 Å². The summed E-state index contributed by atoms with van der Waals surface area (Å²) in [6.07, 6.45) is 7.24. The summed E-state index contributed by atoms with van der Waals surface area (Å²) < 4.78 is 0. The average molecular weight is 345 g/mol. The van der Waals surface area contributed by atoms with Crippen molar-refractivity contribution in [2.24, 2.45) is 5.92 Å². The Labute approximate surface area is 154 Å². The molecule has 0 saturated carbocycles. The molecule has 0 heterocycles. The number of carbonyl (C=O) groups is 1. The second-order valence-electron chi connectivity index (χ2n) is 7.55. The maximum absolute atomic E-state index is 12.4. The third-order valence-corrected chi connectivity index (χ3v) is 4.81. The van der Waals surface area contributed by atoms with Gasteiger partial charge in [0.2, 0.25) is 0 Å². The third kappa shape index (κ3) is 6.34. The molecule has 1 N–H and O–H groups in total. The lowest BCUT2D eigenvalue weighted by atomic mass is 9.86. The van der Waals surface area contributed by atoms with E-state index in [1.54, 1.807) is 6.92 Å². The number of aryl methyl sites for hydroxylation is 3. The molecule has 0 spiro atoms. The fourth-order valence-electron chi connectivity index (χ4n) is 3.68. The van der Waals surface area contributed by atoms with E-state index in [-0.39, 0.29) is 11.5 Å². The van der Waals surface area contributed by atoms with Crippen LogP contribution < -0.4 is 0 Å². The second-order valence-corrected chi connectivity index (χ2v) is 7.55. The zero-order valence-corrected chi connectivity index (χ0v) is 17.0. The Morgan fingerprint density at radius 1 is 1.12 bits per heavy atom. The Morgan fingerprint density at radius 2 is 1.80 bits per heavy atom. The summed E-state index contributed by atoms with van der Waals surface area (Å²) in [5, 5.41) is 10.8. The van der Waals surface area contributed by atoms with E-state index in [1.807, 2.05) is 6.92 Å². The van der Waals surface area contributed by atoms with Crippen LogP contribution in [0.4, 0.5) is 0 Å². The van der Waals surface area contributed by atoms with Crippen LogP contribution in [0.5, 0.6) is 0 Å². The lowest BCUT2D eigenvalue weighted by molar-refractivity contribution is -0.111. The summed E-state index contributed by atoms with van der Waals surface area (Å²) in [4.78, 5) is 12.4. The van der Waals surface area contributed by atoms with Gasteiger partial charge >= 0.3 is 0 Å². The van der Waals surface area contributed by atoms with Crippen LogP contribution in [0.2, 0.25) is 0 Å². The fourth-order valence-corrected chi connectivity index (χ4v) is 3.68. The summed E-state index contributed by atoms with van der Waals surface area (Å²) in [5.41, 5.74) is 4.95. The molecule has 1 unspecified atom stereocenters. The van der Waals surface area contributed by atoms with Gasteiger partial charge in [0.15, 0.2) is 5.78 Å². The third-order valence-electron chi connectivity index (χ3n) is 4.81. The van der Waals surface area contributed by atoms with E-state index in [0.29, 0.717) is 17.9 Å². The summed E-state index contributed by atoms with van der Waals surface area (Å²) in [7, 11) is 0. The maximum Gasteiger partial charge on any atom is 0.163 e. The smallest absolute Gasteiger partial charge is 0.163 e. The monoisotopic (exact) mass is 344 g/mol. The fraction of sp³-hybridized carbons (Fsp3) is 0.609. The van der Waals surface area contributed by atoms with E-state index in [4.69, 9.17) is 0 Å². The molecule has 0 saturated heterocycles. The van der Waals surface area contributed by atoms with Crippen LogP contribution in [0.15, 0.2) is 17.9 Å². The van der Waals surface area contributed by atoms with Crippen LogP contribution in [-0.2, 0) is 11.2 Å². The van der Waals surface area contributed by atoms with Crippen molar-refractivity contribution >= 4 is 11.4 Å². The van der Waals surface area contributed by atoms with Crippen molar-refractivity contribution in [3.8, 4) is 0 Å². The zero-order valence-electron chi connectivity index (χ0n) is 17.0. The van der Waals surface area contributed by atoms with Crippen molar-refractivity contribution in [3.63, 3.8) is 0 Å². The van der Waals surface area contributed by atoms with Crippen molar-refractivity contribution in [1.29, 1.82) is 0 Å². The van der Waals surface area contributed by atoms with Crippen LogP contribution in [0.3, 0.4) is 0 Å². The van der Waals surface area contributed by atoms with Gasteiger partial charge in [0, 0.05) is 6.42 Å². The lowest BCUT2D eigenvalue weighted by Gasteiger charge is -2.19. The number of hydrogen-bond acceptors (Lipinski definition) is 2. The standard InChI is InChI=1S/C23H36O2/c1-7-9-10-12-16(3)15-21(25)23(19(6)24)22-18(5)13-17(4)14-20(22)11-8-2/h13-14,16,25H,7-12,15H2,1-6H3/b23-21-. The molecule has 0 aromatic heterocycles. The minimum Gasteiger partial charge on any atom is -0.512 e. The van der Waals surface area contributed by atoms with Crippen LogP contribution in [-0.4, -0.2) is 10.9 Å². The van der Waals surface area contributed by atoms with Crippen LogP contribution in [0.1, 0.15) is 88.5 Å². The first-order valence-corrected chi connectivity index (χ1v) is 9.85. The Kier molecular flexibility index (Phi) is 8.96. The lowest BCUT2D eigenvalue weighted by Crippen LogP contribution is -2.09. The Balaban J connectivity index is 3.24. The van der Waals surface area contributed by atoms with Gasteiger partial charge in [-0.05, 0) is 49.8 Å². The summed E-state index contributed by atoms with van der Waals surface area (Å²) in [6.45, 7) is 12.2. The number of ketones is 1. The van der Waals surface area contributed by atoms with E-state index < -0.39 is 0 Å². The largest absolute Gasteiger partial charge is 0.512 e. The van der Waals surface area contributed by atoms with Gasteiger partial charge in [0.05, 0.1) is 5.57 Å². The number of Topliss-reactive ketones (excluding diaryl/α,β-unsaturated/α-hetero) is 1. The molecule has 0 radical (unpaired) electrons. The number of aliphatic hydroxyl groups is 1. The number of allylic oxidation sites excluding steroid dienone is 2. The van der Waals surface area contributed by atoms with Gasteiger partial charge in [-0.15, -0.1) is 0 Å². The van der Waals surface area contributed by atoms with Crippen LogP contribution in [0, 0.1) is 19.8 Å².